The minimum Gasteiger partial charge on any atom is -0.497 e. The first-order chi connectivity index (χ1) is 13.6. The maximum Gasteiger partial charge on any atom is 0.313 e. The molecule has 0 unspecified atom stereocenters. The van der Waals surface area contributed by atoms with Crippen LogP contribution in [0.5, 0.6) is 5.75 Å². The molecule has 28 heavy (non-hydrogen) atoms. The normalized spacial score (nSPS) is 24.1. The van der Waals surface area contributed by atoms with Crippen LogP contribution in [0.1, 0.15) is 46.3 Å². The van der Waals surface area contributed by atoms with Crippen LogP contribution in [0.25, 0.3) is 0 Å². The molecule has 0 aliphatic carbocycles. The lowest BCUT2D eigenvalue weighted by molar-refractivity contribution is -0.140. The van der Waals surface area contributed by atoms with E-state index in [0.717, 1.165) is 18.4 Å². The van der Waals surface area contributed by atoms with E-state index in [1.54, 1.807) is 48.4 Å². The van der Waals surface area contributed by atoms with Crippen LogP contribution in [0.2, 0.25) is 0 Å². The summed E-state index contributed by atoms with van der Waals surface area (Å²) in [5.41, 5.74) is 1.79. The Morgan fingerprint density at radius 3 is 2.61 bits per heavy atom. The van der Waals surface area contributed by atoms with Crippen molar-refractivity contribution in [2.75, 3.05) is 20.3 Å². The minimum atomic E-state index is -0.946. The Morgan fingerprint density at radius 1 is 1.21 bits per heavy atom. The monoisotopic (exact) mass is 381 g/mol. The second-order valence-electron chi connectivity index (χ2n) is 7.21. The summed E-state index contributed by atoms with van der Waals surface area (Å²) in [5.74, 6) is -1.25. The lowest BCUT2D eigenvalue weighted by Crippen LogP contribution is -2.47. The van der Waals surface area contributed by atoms with Crippen LogP contribution in [0.15, 0.2) is 48.5 Å². The minimum absolute atomic E-state index is 0.0654. The highest BCUT2D eigenvalue weighted by Crippen LogP contribution is 2.43. The summed E-state index contributed by atoms with van der Waals surface area (Å²) in [6.07, 6.45) is 1.77. The third-order valence-corrected chi connectivity index (χ3v) is 5.59. The number of carbonyl (C=O) groups excluding carboxylic acids is 1. The number of amides is 1. The Labute approximate surface area is 163 Å². The molecule has 2 heterocycles. The van der Waals surface area contributed by atoms with E-state index in [1.807, 2.05) is 12.1 Å². The third-order valence-electron chi connectivity index (χ3n) is 5.59. The Balaban J connectivity index is 1.82. The molecule has 2 aliphatic rings. The van der Waals surface area contributed by atoms with Crippen molar-refractivity contribution in [2.45, 2.75) is 30.9 Å². The van der Waals surface area contributed by atoms with Crippen LogP contribution in [-0.2, 0) is 9.53 Å². The maximum atomic E-state index is 13.3. The molecule has 146 valence electrons. The molecule has 0 saturated carbocycles. The molecule has 4 rings (SSSR count). The van der Waals surface area contributed by atoms with Gasteiger partial charge in [-0.15, -0.1) is 0 Å². The molecule has 1 N–H and O–H groups in total. The van der Waals surface area contributed by atoms with Gasteiger partial charge in [0.15, 0.2) is 0 Å². The van der Waals surface area contributed by atoms with Crippen molar-refractivity contribution < 1.29 is 24.2 Å². The predicted octanol–water partition coefficient (Wildman–Crippen LogP) is 3.24. The van der Waals surface area contributed by atoms with Crippen molar-refractivity contribution >= 4 is 11.9 Å². The number of carboxylic acid groups (broad SMARTS) is 1. The summed E-state index contributed by atoms with van der Waals surface area (Å²) in [5, 5.41) is 10.1. The molecule has 2 aromatic rings. The van der Waals surface area contributed by atoms with Gasteiger partial charge in [0.25, 0.3) is 5.91 Å². The average Bonchev–Trinajstić information content (AvgIpc) is 3.23. The summed E-state index contributed by atoms with van der Waals surface area (Å²) in [6, 6.07) is 13.7. The van der Waals surface area contributed by atoms with E-state index >= 15 is 0 Å². The van der Waals surface area contributed by atoms with Crippen LogP contribution in [0.4, 0.5) is 0 Å². The van der Waals surface area contributed by atoms with Crippen LogP contribution in [0.3, 0.4) is 0 Å². The van der Waals surface area contributed by atoms with Crippen LogP contribution >= 0.6 is 0 Å². The van der Waals surface area contributed by atoms with Crippen molar-refractivity contribution in [1.82, 2.24) is 4.90 Å². The Morgan fingerprint density at radius 2 is 1.96 bits per heavy atom. The van der Waals surface area contributed by atoms with Crippen molar-refractivity contribution in [1.29, 1.82) is 0 Å². The molecular weight excluding hydrogens is 358 g/mol. The summed E-state index contributed by atoms with van der Waals surface area (Å²) < 4.78 is 11.0. The van der Waals surface area contributed by atoms with Crippen molar-refractivity contribution in [3.05, 3.63) is 65.2 Å². The molecular formula is C22H23NO5. The van der Waals surface area contributed by atoms with Gasteiger partial charge in [0.05, 0.1) is 19.3 Å². The van der Waals surface area contributed by atoms with Crippen molar-refractivity contribution in [2.24, 2.45) is 0 Å². The number of fused-ring (bicyclic) bond motifs is 1. The highest BCUT2D eigenvalue weighted by molar-refractivity contribution is 6.00. The maximum absolute atomic E-state index is 13.3. The smallest absolute Gasteiger partial charge is 0.313 e. The first-order valence-corrected chi connectivity index (χ1v) is 9.48. The van der Waals surface area contributed by atoms with Crippen molar-refractivity contribution in [3.8, 4) is 5.75 Å². The highest BCUT2D eigenvalue weighted by Gasteiger charge is 2.45. The number of methoxy groups -OCH3 is 1. The van der Waals surface area contributed by atoms with Crippen LogP contribution in [0, 0.1) is 0 Å². The number of benzene rings is 2. The zero-order chi connectivity index (χ0) is 19.7. The van der Waals surface area contributed by atoms with Gasteiger partial charge in [0, 0.05) is 18.7 Å². The average molecular weight is 381 g/mol. The number of aliphatic carboxylic acids is 1. The molecule has 0 radical (unpaired) electrons. The summed E-state index contributed by atoms with van der Waals surface area (Å²) in [4.78, 5) is 27.3. The number of rotatable bonds is 5. The molecule has 1 amide bonds. The van der Waals surface area contributed by atoms with E-state index in [0.29, 0.717) is 30.0 Å². The number of carboxylic acids is 1. The first-order valence-electron chi connectivity index (χ1n) is 9.48. The molecule has 0 aromatic heterocycles. The third kappa shape index (κ3) is 3.24. The SMILES string of the molecule is COc1ccc([C@@H]2[C@@H](C(=O)O)c3ccccc3C(=O)N2C[C@@H]2CCCO2)cc1. The van der Waals surface area contributed by atoms with Gasteiger partial charge in [-0.3, -0.25) is 9.59 Å². The molecule has 6 heteroatoms. The number of hydrogen-bond acceptors (Lipinski definition) is 4. The van der Waals surface area contributed by atoms with Crippen LogP contribution in [-0.4, -0.2) is 48.2 Å². The first kappa shape index (κ1) is 18.5. The second kappa shape index (κ2) is 7.64. The molecule has 0 spiro atoms. The fraction of sp³-hybridized carbons (Fsp3) is 0.364. The van der Waals surface area contributed by atoms with Gasteiger partial charge in [0.1, 0.15) is 11.7 Å². The van der Waals surface area contributed by atoms with Crippen LogP contribution < -0.4 is 4.74 Å². The van der Waals surface area contributed by atoms with Crippen molar-refractivity contribution in [3.63, 3.8) is 0 Å². The molecule has 6 nitrogen and oxygen atoms in total. The van der Waals surface area contributed by atoms with Gasteiger partial charge >= 0.3 is 5.97 Å². The molecule has 2 aromatic carbocycles. The van der Waals surface area contributed by atoms with E-state index < -0.39 is 17.9 Å². The van der Waals surface area contributed by atoms with E-state index in [9.17, 15) is 14.7 Å². The van der Waals surface area contributed by atoms with Gasteiger partial charge < -0.3 is 19.5 Å². The molecule has 2 aliphatic heterocycles. The summed E-state index contributed by atoms with van der Waals surface area (Å²) in [6.45, 7) is 1.06. The number of ether oxygens (including phenoxy) is 2. The Kier molecular flexibility index (Phi) is 5.05. The lowest BCUT2D eigenvalue weighted by atomic mass is 9.79. The van der Waals surface area contributed by atoms with Gasteiger partial charge in [-0.05, 0) is 42.2 Å². The largest absolute Gasteiger partial charge is 0.497 e. The zero-order valence-electron chi connectivity index (χ0n) is 15.7. The van der Waals surface area contributed by atoms with Gasteiger partial charge in [0.2, 0.25) is 0 Å². The quantitative estimate of drug-likeness (QED) is 0.860. The highest BCUT2D eigenvalue weighted by atomic mass is 16.5. The zero-order valence-corrected chi connectivity index (χ0v) is 15.7. The fourth-order valence-corrected chi connectivity index (χ4v) is 4.24. The summed E-state index contributed by atoms with van der Waals surface area (Å²) in [7, 11) is 1.58. The number of nitrogens with zero attached hydrogens (tertiary/aromatic N) is 1. The Hall–Kier alpha value is -2.86. The lowest BCUT2D eigenvalue weighted by Gasteiger charge is -2.41. The molecule has 1 saturated heterocycles. The topological polar surface area (TPSA) is 76.1 Å². The Bertz CT molecular complexity index is 873. The molecule has 1 fully saturated rings. The standard InChI is InChI=1S/C22H23NO5/c1-27-15-10-8-14(9-11-15)20-19(22(25)26)17-6-2-3-7-18(17)21(24)23(20)13-16-5-4-12-28-16/h2-3,6-11,16,19-20H,4-5,12-13H2,1H3,(H,25,26)/t16-,19-,20+/m0/s1. The van der Waals surface area contributed by atoms with E-state index in [4.69, 9.17) is 9.47 Å². The summed E-state index contributed by atoms with van der Waals surface area (Å²) >= 11 is 0. The van der Waals surface area contributed by atoms with E-state index in [1.165, 1.54) is 0 Å². The fourth-order valence-electron chi connectivity index (χ4n) is 4.24. The van der Waals surface area contributed by atoms with E-state index in [2.05, 4.69) is 0 Å². The van der Waals surface area contributed by atoms with Gasteiger partial charge in [-0.1, -0.05) is 30.3 Å². The van der Waals surface area contributed by atoms with E-state index in [-0.39, 0.29) is 12.0 Å². The second-order valence-corrected chi connectivity index (χ2v) is 7.21. The number of hydrogen-bond donors (Lipinski definition) is 1. The number of carbonyl (C=O) groups is 2. The molecule has 0 bridgehead atoms. The van der Waals surface area contributed by atoms with Gasteiger partial charge in [-0.2, -0.15) is 0 Å². The predicted molar refractivity (Wildman–Crippen MR) is 103 cm³/mol. The molecule has 3 atom stereocenters. The van der Waals surface area contributed by atoms with Gasteiger partial charge in [-0.25, -0.2) is 0 Å².